The highest BCUT2D eigenvalue weighted by molar-refractivity contribution is 6.39. The predicted octanol–water partition coefficient (Wildman–Crippen LogP) is 2.88. The number of rotatable bonds is 6. The van der Waals surface area contributed by atoms with Crippen LogP contribution >= 0.6 is 0 Å². The van der Waals surface area contributed by atoms with Crippen molar-refractivity contribution < 1.29 is 32.2 Å². The molecule has 0 aliphatic carbocycles. The maximum atomic E-state index is 12.2. The van der Waals surface area contributed by atoms with Crippen LogP contribution in [0.15, 0.2) is 42.5 Å². The molecule has 3 rings (SSSR count). The van der Waals surface area contributed by atoms with Crippen molar-refractivity contribution in [2.24, 2.45) is 0 Å². The molecule has 2 aromatic carbocycles. The molecule has 2 aromatic rings. The summed E-state index contributed by atoms with van der Waals surface area (Å²) in [5, 5.41) is 4.94. The van der Waals surface area contributed by atoms with Crippen molar-refractivity contribution in [1.82, 2.24) is 10.2 Å². The number of nitrogens with one attached hydrogen (secondary N) is 2. The van der Waals surface area contributed by atoms with E-state index < -0.39 is 23.9 Å². The summed E-state index contributed by atoms with van der Waals surface area (Å²) < 4.78 is 45.9. The molecule has 10 heteroatoms. The van der Waals surface area contributed by atoms with Crippen LogP contribution in [-0.2, 0) is 16.0 Å². The van der Waals surface area contributed by atoms with Gasteiger partial charge < -0.3 is 25.0 Å². The van der Waals surface area contributed by atoms with Crippen molar-refractivity contribution >= 4 is 17.5 Å². The van der Waals surface area contributed by atoms with E-state index in [9.17, 15) is 22.8 Å². The molecule has 0 fully saturated rings. The minimum absolute atomic E-state index is 0.164. The minimum atomic E-state index is -4.81. The zero-order chi connectivity index (χ0) is 22.6. The van der Waals surface area contributed by atoms with E-state index in [2.05, 4.69) is 15.4 Å². The van der Waals surface area contributed by atoms with Crippen LogP contribution in [0.5, 0.6) is 11.5 Å². The average molecular weight is 437 g/mol. The molecule has 0 saturated heterocycles. The summed E-state index contributed by atoms with van der Waals surface area (Å²) in [7, 11) is 3.73. The Morgan fingerprint density at radius 3 is 2.48 bits per heavy atom. The van der Waals surface area contributed by atoms with E-state index in [4.69, 9.17) is 4.74 Å². The van der Waals surface area contributed by atoms with Crippen molar-refractivity contribution in [2.45, 2.75) is 18.8 Å². The van der Waals surface area contributed by atoms with Crippen LogP contribution in [0.2, 0.25) is 0 Å². The van der Waals surface area contributed by atoms with E-state index in [1.807, 2.05) is 37.2 Å². The normalized spacial score (nSPS) is 13.9. The van der Waals surface area contributed by atoms with Gasteiger partial charge in [0.1, 0.15) is 11.5 Å². The number of carbonyl (C=O) groups is 2. The van der Waals surface area contributed by atoms with E-state index in [-0.39, 0.29) is 18.3 Å². The van der Waals surface area contributed by atoms with Crippen LogP contribution < -0.4 is 20.1 Å². The molecule has 1 aliphatic heterocycles. The SMILES string of the molecule is CN(C)[C@@H](CNC(=O)C(=O)Nc1ccc(OC(F)(F)F)cc1)c1ccc2c(c1)CCO2. The fraction of sp³-hybridized carbons (Fsp3) is 0.333. The van der Waals surface area contributed by atoms with Gasteiger partial charge in [-0.1, -0.05) is 12.1 Å². The highest BCUT2D eigenvalue weighted by Gasteiger charge is 2.31. The summed E-state index contributed by atoms with van der Waals surface area (Å²) in [4.78, 5) is 26.3. The molecular weight excluding hydrogens is 415 g/mol. The molecule has 31 heavy (non-hydrogen) atoms. The van der Waals surface area contributed by atoms with Gasteiger partial charge in [0.25, 0.3) is 0 Å². The molecule has 2 N–H and O–H groups in total. The van der Waals surface area contributed by atoms with E-state index >= 15 is 0 Å². The Bertz CT molecular complexity index is 946. The Balaban J connectivity index is 1.56. The van der Waals surface area contributed by atoms with E-state index in [1.165, 1.54) is 12.1 Å². The molecule has 1 heterocycles. The number of fused-ring (bicyclic) bond motifs is 1. The van der Waals surface area contributed by atoms with E-state index in [0.29, 0.717) is 6.61 Å². The van der Waals surface area contributed by atoms with E-state index in [1.54, 1.807) is 0 Å². The number of anilines is 1. The second kappa shape index (κ2) is 9.25. The molecule has 0 unspecified atom stereocenters. The Morgan fingerprint density at radius 2 is 1.84 bits per heavy atom. The van der Waals surface area contributed by atoms with Gasteiger partial charge in [-0.2, -0.15) is 0 Å². The second-order valence-electron chi connectivity index (χ2n) is 7.18. The average Bonchev–Trinajstić information content (AvgIpc) is 3.16. The summed E-state index contributed by atoms with van der Waals surface area (Å²) in [5.41, 5.74) is 2.25. The number of carbonyl (C=O) groups excluding carboxylic acids is 2. The van der Waals surface area contributed by atoms with E-state index in [0.717, 1.165) is 35.4 Å². The van der Waals surface area contributed by atoms with Gasteiger partial charge in [0.2, 0.25) is 0 Å². The standard InChI is InChI=1S/C21H22F3N3O4/c1-27(2)17(13-3-8-18-14(11-13)9-10-30-18)12-25-19(28)20(29)26-15-4-6-16(7-5-15)31-21(22,23)24/h3-8,11,17H,9-10,12H2,1-2H3,(H,25,28)(H,26,29)/t17-/m0/s1. The van der Waals surface area contributed by atoms with Gasteiger partial charge in [0.15, 0.2) is 0 Å². The second-order valence-corrected chi connectivity index (χ2v) is 7.18. The molecule has 0 radical (unpaired) electrons. The van der Waals surface area contributed by atoms with Crippen molar-refractivity contribution in [2.75, 3.05) is 32.6 Å². The number of halogens is 3. The first kappa shape index (κ1) is 22.4. The predicted molar refractivity (Wildman–Crippen MR) is 107 cm³/mol. The third-order valence-corrected chi connectivity index (χ3v) is 4.73. The molecular formula is C21H22F3N3O4. The van der Waals surface area contributed by atoms with Crippen LogP contribution in [0.4, 0.5) is 18.9 Å². The number of benzene rings is 2. The van der Waals surface area contributed by atoms with Crippen LogP contribution in [0.3, 0.4) is 0 Å². The summed E-state index contributed by atoms with van der Waals surface area (Å²) in [6.07, 6.45) is -3.98. The summed E-state index contributed by atoms with van der Waals surface area (Å²) in [5.74, 6) is -1.35. The van der Waals surface area contributed by atoms with Crippen molar-refractivity contribution in [3.63, 3.8) is 0 Å². The molecule has 2 amide bonds. The number of amides is 2. The topological polar surface area (TPSA) is 79.9 Å². The third-order valence-electron chi connectivity index (χ3n) is 4.73. The lowest BCUT2D eigenvalue weighted by molar-refractivity contribution is -0.274. The maximum Gasteiger partial charge on any atom is 0.573 e. The van der Waals surface area contributed by atoms with Gasteiger partial charge >= 0.3 is 18.2 Å². The molecule has 0 spiro atoms. The first-order chi connectivity index (χ1) is 14.6. The Kier molecular flexibility index (Phi) is 6.69. The molecule has 0 aromatic heterocycles. The molecule has 0 bridgehead atoms. The molecule has 7 nitrogen and oxygen atoms in total. The van der Waals surface area contributed by atoms with Crippen molar-refractivity contribution in [3.8, 4) is 11.5 Å². The number of ether oxygens (including phenoxy) is 2. The zero-order valence-electron chi connectivity index (χ0n) is 17.0. The lowest BCUT2D eigenvalue weighted by Gasteiger charge is -2.25. The quantitative estimate of drug-likeness (QED) is 0.680. The zero-order valence-corrected chi connectivity index (χ0v) is 17.0. The molecule has 1 atom stereocenters. The van der Waals surface area contributed by atoms with Gasteiger partial charge in [-0.15, -0.1) is 13.2 Å². The van der Waals surface area contributed by atoms with Gasteiger partial charge in [-0.3, -0.25) is 9.59 Å². The Morgan fingerprint density at radius 1 is 1.13 bits per heavy atom. The fourth-order valence-electron chi connectivity index (χ4n) is 3.21. The smallest absolute Gasteiger partial charge is 0.493 e. The molecule has 166 valence electrons. The summed E-state index contributed by atoms with van der Waals surface area (Å²) in [6.45, 7) is 0.836. The lowest BCUT2D eigenvalue weighted by atomic mass is 10.0. The van der Waals surface area contributed by atoms with Crippen LogP contribution in [0, 0.1) is 0 Å². The number of alkyl halides is 3. The van der Waals surface area contributed by atoms with Gasteiger partial charge in [-0.25, -0.2) is 0 Å². The number of nitrogens with zero attached hydrogens (tertiary/aromatic N) is 1. The summed E-state index contributed by atoms with van der Waals surface area (Å²) in [6, 6.07) is 10.2. The van der Waals surface area contributed by atoms with Gasteiger partial charge in [0.05, 0.1) is 12.6 Å². The Hall–Kier alpha value is -3.27. The number of hydrogen-bond acceptors (Lipinski definition) is 5. The third kappa shape index (κ3) is 6.11. The largest absolute Gasteiger partial charge is 0.573 e. The van der Waals surface area contributed by atoms with Crippen molar-refractivity contribution in [3.05, 3.63) is 53.6 Å². The van der Waals surface area contributed by atoms with Crippen LogP contribution in [0.1, 0.15) is 17.2 Å². The number of hydrogen-bond donors (Lipinski definition) is 2. The number of likely N-dealkylation sites (N-methyl/N-ethyl adjacent to an activating group) is 1. The highest BCUT2D eigenvalue weighted by Crippen LogP contribution is 2.29. The molecule has 1 aliphatic rings. The highest BCUT2D eigenvalue weighted by atomic mass is 19.4. The lowest BCUT2D eigenvalue weighted by Crippen LogP contribution is -2.40. The van der Waals surface area contributed by atoms with Gasteiger partial charge in [0, 0.05) is 18.7 Å². The summed E-state index contributed by atoms with van der Waals surface area (Å²) >= 11 is 0. The first-order valence-corrected chi connectivity index (χ1v) is 9.49. The van der Waals surface area contributed by atoms with Crippen LogP contribution in [-0.4, -0.2) is 50.3 Å². The maximum absolute atomic E-state index is 12.2. The monoisotopic (exact) mass is 437 g/mol. The Labute approximate surface area is 177 Å². The minimum Gasteiger partial charge on any atom is -0.493 e. The first-order valence-electron chi connectivity index (χ1n) is 9.49. The molecule has 0 saturated carbocycles. The van der Waals surface area contributed by atoms with Gasteiger partial charge in [-0.05, 0) is 55.6 Å². The van der Waals surface area contributed by atoms with Crippen LogP contribution in [0.25, 0.3) is 0 Å². The van der Waals surface area contributed by atoms with Crippen molar-refractivity contribution in [1.29, 1.82) is 0 Å². The fourth-order valence-corrected chi connectivity index (χ4v) is 3.21.